The van der Waals surface area contributed by atoms with Crippen LogP contribution >= 0.6 is 22.6 Å². The third kappa shape index (κ3) is 5.35. The Bertz CT molecular complexity index is 453. The van der Waals surface area contributed by atoms with E-state index in [0.717, 1.165) is 3.77 Å². The highest BCUT2D eigenvalue weighted by Crippen LogP contribution is 2.11. The smallest absolute Gasteiger partial charge is 0.307 e. The first-order valence-corrected chi connectivity index (χ1v) is 6.40. The number of methoxy groups -OCH3 is 1. The summed E-state index contributed by atoms with van der Waals surface area (Å²) in [6.45, 7) is 1.73. The molecule has 0 aliphatic carbocycles. The van der Waals surface area contributed by atoms with Crippen LogP contribution in [0.25, 0.3) is 6.08 Å². The van der Waals surface area contributed by atoms with E-state index in [4.69, 9.17) is 4.42 Å². The van der Waals surface area contributed by atoms with Gasteiger partial charge in [0.15, 0.2) is 3.77 Å². The van der Waals surface area contributed by atoms with Crippen molar-refractivity contribution in [3.8, 4) is 0 Å². The van der Waals surface area contributed by atoms with Crippen LogP contribution in [0.1, 0.15) is 19.1 Å². The fraction of sp³-hybridized carbons (Fsp3) is 0.333. The molecule has 1 heterocycles. The third-order valence-electron chi connectivity index (χ3n) is 2.08. The Hall–Kier alpha value is -1.31. The zero-order valence-corrected chi connectivity index (χ0v) is 12.3. The molecule has 0 bridgehead atoms. The Labute approximate surface area is 119 Å². The minimum atomic E-state index is -0.354. The molecule has 0 saturated carbocycles. The van der Waals surface area contributed by atoms with Crippen LogP contribution in [-0.4, -0.2) is 25.0 Å². The standard InChI is InChI=1S/C12H14INO4/c1-8(7-12(16)17-2)14-11(15)6-4-9-3-5-10(13)18-9/h3-6,8H,7H2,1-2H3,(H,14,15)/b6-4+. The molecule has 1 aromatic rings. The van der Waals surface area contributed by atoms with Gasteiger partial charge in [0, 0.05) is 12.1 Å². The Kier molecular flexibility index (Phi) is 5.90. The Morgan fingerprint density at radius 1 is 1.56 bits per heavy atom. The predicted octanol–water partition coefficient (Wildman–Crippen LogP) is 1.97. The molecule has 0 aromatic carbocycles. The minimum absolute atomic E-state index is 0.148. The summed E-state index contributed by atoms with van der Waals surface area (Å²) in [5, 5.41) is 2.65. The Morgan fingerprint density at radius 3 is 2.83 bits per heavy atom. The predicted molar refractivity (Wildman–Crippen MR) is 74.7 cm³/mol. The van der Waals surface area contributed by atoms with Crippen molar-refractivity contribution in [3.63, 3.8) is 0 Å². The first-order chi connectivity index (χ1) is 8.51. The first-order valence-electron chi connectivity index (χ1n) is 5.32. The molecule has 1 unspecified atom stereocenters. The minimum Gasteiger partial charge on any atom is -0.469 e. The van der Waals surface area contributed by atoms with E-state index in [2.05, 4.69) is 10.1 Å². The van der Waals surface area contributed by atoms with Gasteiger partial charge in [0.1, 0.15) is 5.76 Å². The molecule has 1 N–H and O–H groups in total. The molecule has 0 aliphatic rings. The van der Waals surface area contributed by atoms with E-state index in [1.165, 1.54) is 13.2 Å². The summed E-state index contributed by atoms with van der Waals surface area (Å²) in [5.74, 6) is -0.0275. The topological polar surface area (TPSA) is 68.5 Å². The van der Waals surface area contributed by atoms with E-state index in [0.29, 0.717) is 5.76 Å². The fourth-order valence-corrected chi connectivity index (χ4v) is 1.69. The molecule has 1 aromatic heterocycles. The number of ether oxygens (including phenoxy) is 1. The van der Waals surface area contributed by atoms with E-state index >= 15 is 0 Å². The molecule has 6 heteroatoms. The molecule has 0 aliphatic heterocycles. The maximum atomic E-state index is 11.5. The van der Waals surface area contributed by atoms with Crippen molar-refractivity contribution in [1.82, 2.24) is 5.32 Å². The summed E-state index contributed by atoms with van der Waals surface area (Å²) < 4.78 is 10.5. The Balaban J connectivity index is 2.41. The number of carbonyl (C=O) groups is 2. The van der Waals surface area contributed by atoms with Crippen molar-refractivity contribution in [2.45, 2.75) is 19.4 Å². The van der Waals surface area contributed by atoms with Crippen molar-refractivity contribution in [3.05, 3.63) is 27.7 Å². The second-order valence-electron chi connectivity index (χ2n) is 3.67. The van der Waals surface area contributed by atoms with Gasteiger partial charge in [-0.05, 0) is 47.7 Å². The zero-order valence-electron chi connectivity index (χ0n) is 10.1. The highest BCUT2D eigenvalue weighted by molar-refractivity contribution is 14.1. The molecule has 0 fully saturated rings. The number of hydrogen-bond acceptors (Lipinski definition) is 4. The van der Waals surface area contributed by atoms with Gasteiger partial charge < -0.3 is 14.5 Å². The van der Waals surface area contributed by atoms with Crippen LogP contribution in [0.3, 0.4) is 0 Å². The summed E-state index contributed by atoms with van der Waals surface area (Å²) in [6, 6.07) is 3.30. The van der Waals surface area contributed by atoms with Crippen LogP contribution < -0.4 is 5.32 Å². The monoisotopic (exact) mass is 363 g/mol. The second kappa shape index (κ2) is 7.20. The molecule has 1 amide bonds. The van der Waals surface area contributed by atoms with Crippen LogP contribution in [0.5, 0.6) is 0 Å². The lowest BCUT2D eigenvalue weighted by molar-refractivity contribution is -0.141. The molecule has 0 spiro atoms. The Morgan fingerprint density at radius 2 is 2.28 bits per heavy atom. The van der Waals surface area contributed by atoms with Crippen LogP contribution in [0.4, 0.5) is 0 Å². The molecule has 5 nitrogen and oxygen atoms in total. The van der Waals surface area contributed by atoms with Gasteiger partial charge >= 0.3 is 5.97 Å². The van der Waals surface area contributed by atoms with E-state index in [1.807, 2.05) is 22.6 Å². The highest BCUT2D eigenvalue weighted by Gasteiger charge is 2.10. The average molecular weight is 363 g/mol. The molecular formula is C12H14INO4. The first kappa shape index (κ1) is 14.7. The molecule has 18 heavy (non-hydrogen) atoms. The number of carbonyl (C=O) groups excluding carboxylic acids is 2. The van der Waals surface area contributed by atoms with Crippen LogP contribution in [-0.2, 0) is 14.3 Å². The number of rotatable bonds is 5. The third-order valence-corrected chi connectivity index (χ3v) is 2.66. The van der Waals surface area contributed by atoms with Crippen molar-refractivity contribution < 1.29 is 18.7 Å². The number of amides is 1. The number of hydrogen-bond donors (Lipinski definition) is 1. The largest absolute Gasteiger partial charge is 0.469 e. The van der Waals surface area contributed by atoms with Crippen molar-refractivity contribution in [2.24, 2.45) is 0 Å². The number of halogens is 1. The zero-order chi connectivity index (χ0) is 13.5. The van der Waals surface area contributed by atoms with Gasteiger partial charge in [-0.2, -0.15) is 0 Å². The fourth-order valence-electron chi connectivity index (χ4n) is 1.25. The lowest BCUT2D eigenvalue weighted by Crippen LogP contribution is -2.33. The molecule has 1 rings (SSSR count). The SMILES string of the molecule is COC(=O)CC(C)NC(=O)/C=C/c1ccc(I)o1. The molecular weight excluding hydrogens is 349 g/mol. The quantitative estimate of drug-likeness (QED) is 0.494. The highest BCUT2D eigenvalue weighted by atomic mass is 127. The van der Waals surface area contributed by atoms with E-state index < -0.39 is 0 Å². The van der Waals surface area contributed by atoms with Crippen molar-refractivity contribution in [2.75, 3.05) is 7.11 Å². The van der Waals surface area contributed by atoms with Gasteiger partial charge in [-0.25, -0.2) is 0 Å². The lowest BCUT2D eigenvalue weighted by atomic mass is 10.2. The van der Waals surface area contributed by atoms with Gasteiger partial charge in [0.2, 0.25) is 5.91 Å². The van der Waals surface area contributed by atoms with Crippen LogP contribution in [0.15, 0.2) is 22.6 Å². The van der Waals surface area contributed by atoms with Gasteiger partial charge in [-0.3, -0.25) is 9.59 Å². The maximum Gasteiger partial charge on any atom is 0.307 e. The molecule has 0 saturated heterocycles. The second-order valence-corrected chi connectivity index (χ2v) is 4.73. The number of esters is 1. The summed E-state index contributed by atoms with van der Waals surface area (Å²) in [7, 11) is 1.31. The maximum absolute atomic E-state index is 11.5. The van der Waals surface area contributed by atoms with Crippen LogP contribution in [0, 0.1) is 3.77 Å². The van der Waals surface area contributed by atoms with E-state index in [1.54, 1.807) is 25.1 Å². The van der Waals surface area contributed by atoms with Gasteiger partial charge in [0.25, 0.3) is 0 Å². The number of nitrogens with one attached hydrogen (secondary N) is 1. The van der Waals surface area contributed by atoms with Gasteiger partial charge in [-0.1, -0.05) is 0 Å². The van der Waals surface area contributed by atoms with E-state index in [-0.39, 0.29) is 24.3 Å². The van der Waals surface area contributed by atoms with Crippen molar-refractivity contribution >= 4 is 40.5 Å². The lowest BCUT2D eigenvalue weighted by Gasteiger charge is -2.10. The van der Waals surface area contributed by atoms with E-state index in [9.17, 15) is 9.59 Å². The average Bonchev–Trinajstić information content (AvgIpc) is 2.72. The number of furan rings is 1. The van der Waals surface area contributed by atoms with Gasteiger partial charge in [0.05, 0.1) is 13.5 Å². The summed E-state index contributed by atoms with van der Waals surface area (Å²) in [6.07, 6.45) is 3.08. The molecule has 0 radical (unpaired) electrons. The van der Waals surface area contributed by atoms with Crippen molar-refractivity contribution in [1.29, 1.82) is 0 Å². The molecule has 1 atom stereocenters. The van der Waals surface area contributed by atoms with Crippen LogP contribution in [0.2, 0.25) is 0 Å². The van der Waals surface area contributed by atoms with Gasteiger partial charge in [-0.15, -0.1) is 0 Å². The normalized spacial score (nSPS) is 12.4. The summed E-state index contributed by atoms with van der Waals surface area (Å²) in [5.41, 5.74) is 0. The summed E-state index contributed by atoms with van der Waals surface area (Å²) >= 11 is 2.04. The summed E-state index contributed by atoms with van der Waals surface area (Å²) in [4.78, 5) is 22.5. The molecule has 98 valence electrons.